The third-order valence-corrected chi connectivity index (χ3v) is 6.58. The molecule has 0 bridgehead atoms. The van der Waals surface area contributed by atoms with Crippen molar-refractivity contribution in [3.8, 4) is 0 Å². The number of hydrogen-bond acceptors (Lipinski definition) is 5. The summed E-state index contributed by atoms with van der Waals surface area (Å²) in [4.78, 5) is 12.9. The van der Waals surface area contributed by atoms with Crippen molar-refractivity contribution >= 4 is 26.0 Å². The van der Waals surface area contributed by atoms with Crippen molar-refractivity contribution < 1.29 is 21.6 Å². The second kappa shape index (κ2) is 6.79. The van der Waals surface area contributed by atoms with E-state index < -0.39 is 26.1 Å². The molecule has 2 rings (SSSR count). The zero-order valence-corrected chi connectivity index (χ0v) is 15.3. The van der Waals surface area contributed by atoms with Crippen LogP contribution in [0.4, 0.5) is 0 Å². The Bertz CT molecular complexity index is 812. The van der Waals surface area contributed by atoms with Gasteiger partial charge in [0.25, 0.3) is 0 Å². The normalized spacial score (nSPS) is 16.6. The molecule has 1 amide bonds. The largest absolute Gasteiger partial charge is 0.347 e. The second-order valence-electron chi connectivity index (χ2n) is 5.94. The van der Waals surface area contributed by atoms with Gasteiger partial charge >= 0.3 is 0 Å². The Balaban J connectivity index is 2.15. The number of rotatable bonds is 7. The van der Waals surface area contributed by atoms with Crippen molar-refractivity contribution in [3.05, 3.63) is 24.3 Å². The highest BCUT2D eigenvalue weighted by Gasteiger charge is 2.28. The highest BCUT2D eigenvalue weighted by molar-refractivity contribution is 7.90. The van der Waals surface area contributed by atoms with Crippen molar-refractivity contribution in [1.82, 2.24) is 14.3 Å². The molecule has 0 aliphatic heterocycles. The minimum Gasteiger partial charge on any atom is -0.347 e. The monoisotopic (exact) mass is 375 g/mol. The maximum absolute atomic E-state index is 12.3. The summed E-state index contributed by atoms with van der Waals surface area (Å²) in [6.45, 7) is 1.44. The number of amides is 1. The topological polar surface area (TPSA) is 113 Å². The van der Waals surface area contributed by atoms with Gasteiger partial charge in [0, 0.05) is 20.1 Å². The van der Waals surface area contributed by atoms with Crippen molar-refractivity contribution in [3.63, 3.8) is 0 Å². The van der Waals surface area contributed by atoms with E-state index in [-0.39, 0.29) is 21.7 Å². The van der Waals surface area contributed by atoms with Gasteiger partial charge in [0.05, 0.1) is 15.8 Å². The molecule has 1 atom stereocenters. The molecule has 1 aromatic rings. The zero-order chi connectivity index (χ0) is 18.1. The molecule has 134 valence electrons. The maximum atomic E-state index is 12.3. The van der Waals surface area contributed by atoms with Crippen LogP contribution in [0.1, 0.15) is 19.8 Å². The zero-order valence-electron chi connectivity index (χ0n) is 13.7. The van der Waals surface area contributed by atoms with Crippen LogP contribution in [0, 0.1) is 0 Å². The quantitative estimate of drug-likeness (QED) is 0.690. The van der Waals surface area contributed by atoms with Crippen LogP contribution in [0.3, 0.4) is 0 Å². The van der Waals surface area contributed by atoms with Gasteiger partial charge in [-0.3, -0.25) is 4.79 Å². The highest BCUT2D eigenvalue weighted by atomic mass is 32.2. The standard InChI is InChI=1S/C14H21N3O5S2/c1-10(14(18)17(2)3)15-23(19,20)12-6-8-13(9-7-12)24(21,22)16-11-4-5-11/h6-11,15-16H,4-5H2,1-3H3. The lowest BCUT2D eigenvalue weighted by Crippen LogP contribution is -2.44. The summed E-state index contributed by atoms with van der Waals surface area (Å²) in [7, 11) is -4.50. The van der Waals surface area contributed by atoms with Gasteiger partial charge in [-0.1, -0.05) is 0 Å². The van der Waals surface area contributed by atoms with E-state index in [0.29, 0.717) is 0 Å². The molecule has 8 nitrogen and oxygen atoms in total. The van der Waals surface area contributed by atoms with E-state index in [1.165, 1.54) is 50.2 Å². The molecule has 1 aromatic carbocycles. The molecule has 10 heteroatoms. The summed E-state index contributed by atoms with van der Waals surface area (Å²) in [6, 6.07) is 3.92. The average Bonchev–Trinajstić information content (AvgIpc) is 3.29. The number of nitrogens with zero attached hydrogens (tertiary/aromatic N) is 1. The number of nitrogens with one attached hydrogen (secondary N) is 2. The van der Waals surface area contributed by atoms with Gasteiger partial charge in [-0.2, -0.15) is 4.72 Å². The van der Waals surface area contributed by atoms with E-state index in [4.69, 9.17) is 0 Å². The van der Waals surface area contributed by atoms with Gasteiger partial charge in [0.15, 0.2) is 0 Å². The Kier molecular flexibility index (Phi) is 5.33. The van der Waals surface area contributed by atoms with Crippen molar-refractivity contribution in [2.75, 3.05) is 14.1 Å². The summed E-state index contributed by atoms with van der Waals surface area (Å²) < 4.78 is 53.5. The van der Waals surface area contributed by atoms with Crippen molar-refractivity contribution in [2.45, 2.75) is 41.6 Å². The van der Waals surface area contributed by atoms with E-state index in [2.05, 4.69) is 9.44 Å². The molecule has 2 N–H and O–H groups in total. The lowest BCUT2D eigenvalue weighted by atomic mass is 10.3. The van der Waals surface area contributed by atoms with Crippen molar-refractivity contribution in [2.24, 2.45) is 0 Å². The van der Waals surface area contributed by atoms with Gasteiger partial charge in [-0.15, -0.1) is 0 Å². The summed E-state index contributed by atoms with van der Waals surface area (Å²) in [5.74, 6) is -0.383. The molecule has 0 saturated heterocycles. The summed E-state index contributed by atoms with van der Waals surface area (Å²) >= 11 is 0. The molecule has 0 spiro atoms. The van der Waals surface area contributed by atoms with Crippen LogP contribution in [0.15, 0.2) is 34.1 Å². The van der Waals surface area contributed by atoms with Crippen molar-refractivity contribution in [1.29, 1.82) is 0 Å². The van der Waals surface area contributed by atoms with Crippen LogP contribution in [0.2, 0.25) is 0 Å². The molecular weight excluding hydrogens is 354 g/mol. The Hall–Kier alpha value is -1.49. The number of hydrogen-bond donors (Lipinski definition) is 2. The molecular formula is C14H21N3O5S2. The predicted octanol–water partition coefficient (Wildman–Crippen LogP) is -0.118. The molecule has 1 aliphatic carbocycles. The van der Waals surface area contributed by atoms with Crippen LogP contribution in [0.25, 0.3) is 0 Å². The Labute approximate surface area is 142 Å². The van der Waals surface area contributed by atoms with E-state index in [1.807, 2.05) is 0 Å². The first-order valence-corrected chi connectivity index (χ1v) is 10.4. The number of carbonyl (C=O) groups is 1. The highest BCUT2D eigenvalue weighted by Crippen LogP contribution is 2.22. The van der Waals surface area contributed by atoms with Gasteiger partial charge in [0.1, 0.15) is 0 Å². The molecule has 0 radical (unpaired) electrons. The molecule has 1 fully saturated rings. The Morgan fingerprint density at radius 2 is 1.50 bits per heavy atom. The third kappa shape index (κ3) is 4.53. The first-order valence-electron chi connectivity index (χ1n) is 7.39. The first-order chi connectivity index (χ1) is 11.0. The number of sulfonamides is 2. The molecule has 1 aliphatic rings. The smallest absolute Gasteiger partial charge is 0.241 e. The lowest BCUT2D eigenvalue weighted by molar-refractivity contribution is -0.130. The SMILES string of the molecule is CC(NS(=O)(=O)c1ccc(S(=O)(=O)NC2CC2)cc1)C(=O)N(C)C. The fraction of sp³-hybridized carbons (Fsp3) is 0.500. The van der Waals surface area contributed by atoms with Gasteiger partial charge in [-0.05, 0) is 44.0 Å². The average molecular weight is 375 g/mol. The van der Waals surface area contributed by atoms with E-state index in [0.717, 1.165) is 12.8 Å². The predicted molar refractivity (Wildman–Crippen MR) is 88.3 cm³/mol. The molecule has 24 heavy (non-hydrogen) atoms. The fourth-order valence-electron chi connectivity index (χ4n) is 2.03. The number of carbonyl (C=O) groups excluding carboxylic acids is 1. The van der Waals surface area contributed by atoms with E-state index in [9.17, 15) is 21.6 Å². The first kappa shape index (κ1) is 18.8. The van der Waals surface area contributed by atoms with Gasteiger partial charge in [0.2, 0.25) is 26.0 Å². The minimum atomic E-state index is -3.92. The van der Waals surface area contributed by atoms with Crippen LogP contribution in [-0.2, 0) is 24.8 Å². The fourth-order valence-corrected chi connectivity index (χ4v) is 4.53. The summed E-state index contributed by atoms with van der Waals surface area (Å²) in [5.41, 5.74) is 0. The summed E-state index contributed by atoms with van der Waals surface area (Å²) in [6.07, 6.45) is 1.63. The number of benzene rings is 1. The Morgan fingerprint density at radius 1 is 1.04 bits per heavy atom. The van der Waals surface area contributed by atoms with Crippen LogP contribution < -0.4 is 9.44 Å². The summed E-state index contributed by atoms with van der Waals surface area (Å²) in [5, 5.41) is 0. The van der Waals surface area contributed by atoms with Gasteiger partial charge < -0.3 is 4.90 Å². The van der Waals surface area contributed by atoms with E-state index in [1.54, 1.807) is 0 Å². The minimum absolute atomic E-state index is 0.00534. The van der Waals surface area contributed by atoms with E-state index >= 15 is 0 Å². The molecule has 1 unspecified atom stereocenters. The second-order valence-corrected chi connectivity index (χ2v) is 9.37. The third-order valence-electron chi connectivity index (χ3n) is 3.49. The van der Waals surface area contributed by atoms with Gasteiger partial charge in [-0.25, -0.2) is 21.6 Å². The maximum Gasteiger partial charge on any atom is 0.241 e. The molecule has 1 saturated carbocycles. The number of likely N-dealkylation sites (N-methyl/N-ethyl adjacent to an activating group) is 1. The van der Waals surface area contributed by atoms with Crippen LogP contribution in [0.5, 0.6) is 0 Å². The molecule has 0 aromatic heterocycles. The van der Waals surface area contributed by atoms with Crippen LogP contribution in [-0.4, -0.2) is 53.8 Å². The van der Waals surface area contributed by atoms with Crippen LogP contribution >= 0.6 is 0 Å². The lowest BCUT2D eigenvalue weighted by Gasteiger charge is -2.18. The molecule has 0 heterocycles. The Morgan fingerprint density at radius 3 is 1.92 bits per heavy atom.